The van der Waals surface area contributed by atoms with E-state index in [4.69, 9.17) is 18.9 Å². The van der Waals surface area contributed by atoms with Gasteiger partial charge in [-0.1, -0.05) is 162 Å². The van der Waals surface area contributed by atoms with Gasteiger partial charge in [0.15, 0.2) is 6.29 Å². The summed E-state index contributed by atoms with van der Waals surface area (Å²) in [5, 5.41) is 40.2. The minimum atomic E-state index is -1.55. The molecule has 0 amide bonds. The summed E-state index contributed by atoms with van der Waals surface area (Å²) in [5.74, 6) is -0.346. The molecule has 6 atom stereocenters. The van der Waals surface area contributed by atoms with Crippen molar-refractivity contribution >= 4 is 5.97 Å². The van der Waals surface area contributed by atoms with E-state index in [0.717, 1.165) is 103 Å². The quantitative estimate of drug-likeness (QED) is 0.0270. The smallest absolute Gasteiger partial charge is 0.306 e. The van der Waals surface area contributed by atoms with Crippen molar-refractivity contribution in [3.05, 3.63) is 97.2 Å². The third-order valence-corrected chi connectivity index (χ3v) is 10.5. The van der Waals surface area contributed by atoms with Crippen LogP contribution in [0.1, 0.15) is 168 Å². The lowest BCUT2D eigenvalue weighted by Crippen LogP contribution is -2.59. The van der Waals surface area contributed by atoms with Gasteiger partial charge in [0.25, 0.3) is 0 Å². The molecule has 0 aromatic carbocycles. The number of hydrogen-bond acceptors (Lipinski definition) is 9. The third-order valence-electron chi connectivity index (χ3n) is 10.5. The van der Waals surface area contributed by atoms with Crippen LogP contribution in [0, 0.1) is 0 Å². The second kappa shape index (κ2) is 43.4. The number of ether oxygens (including phenoxy) is 4. The lowest BCUT2D eigenvalue weighted by molar-refractivity contribution is -0.305. The Hall–Kier alpha value is -2.89. The molecule has 1 heterocycles. The first-order valence-electron chi connectivity index (χ1n) is 24.3. The maximum atomic E-state index is 12.8. The molecule has 0 aliphatic carbocycles. The predicted molar refractivity (Wildman–Crippen MR) is 256 cm³/mol. The van der Waals surface area contributed by atoms with Crippen LogP contribution in [0.15, 0.2) is 97.2 Å². The normalized spacial score (nSPS) is 20.6. The summed E-state index contributed by atoms with van der Waals surface area (Å²) >= 11 is 0. The number of carbonyl (C=O) groups excluding carboxylic acids is 1. The number of unbranched alkanes of at least 4 members (excludes halogenated alkanes) is 13. The van der Waals surface area contributed by atoms with E-state index in [1.807, 2.05) is 0 Å². The van der Waals surface area contributed by atoms with Crippen molar-refractivity contribution in [2.24, 2.45) is 0 Å². The summed E-state index contributed by atoms with van der Waals surface area (Å²) in [5.41, 5.74) is 0. The molecule has 0 aromatic heterocycles. The summed E-state index contributed by atoms with van der Waals surface area (Å²) in [4.78, 5) is 12.8. The van der Waals surface area contributed by atoms with Gasteiger partial charge in [0.05, 0.1) is 19.8 Å². The van der Waals surface area contributed by atoms with Crippen molar-refractivity contribution in [2.45, 2.75) is 205 Å². The van der Waals surface area contributed by atoms with Gasteiger partial charge in [-0.15, -0.1) is 0 Å². The van der Waals surface area contributed by atoms with E-state index in [9.17, 15) is 25.2 Å². The molecular formula is C53H88O9. The number of aliphatic hydroxyl groups excluding tert-OH is 4. The third kappa shape index (κ3) is 33.6. The van der Waals surface area contributed by atoms with E-state index in [1.165, 1.54) is 44.9 Å². The van der Waals surface area contributed by atoms with Gasteiger partial charge < -0.3 is 39.4 Å². The molecule has 0 bridgehead atoms. The van der Waals surface area contributed by atoms with Crippen LogP contribution in [0.4, 0.5) is 0 Å². The van der Waals surface area contributed by atoms with Crippen LogP contribution in [0.5, 0.6) is 0 Å². The molecule has 4 N–H and O–H groups in total. The van der Waals surface area contributed by atoms with Crippen LogP contribution in [0.3, 0.4) is 0 Å². The van der Waals surface area contributed by atoms with E-state index < -0.39 is 43.4 Å². The zero-order valence-corrected chi connectivity index (χ0v) is 38.8. The Kier molecular flexibility index (Phi) is 40.0. The van der Waals surface area contributed by atoms with Crippen molar-refractivity contribution in [1.29, 1.82) is 0 Å². The Morgan fingerprint density at radius 1 is 0.532 bits per heavy atom. The Morgan fingerprint density at radius 2 is 0.984 bits per heavy atom. The van der Waals surface area contributed by atoms with Gasteiger partial charge in [-0.05, 0) is 96.3 Å². The molecule has 1 aliphatic rings. The predicted octanol–water partition coefficient (Wildman–Crippen LogP) is 11.6. The van der Waals surface area contributed by atoms with E-state index >= 15 is 0 Å². The molecule has 0 radical (unpaired) electrons. The second-order valence-electron chi connectivity index (χ2n) is 16.2. The first-order chi connectivity index (χ1) is 30.4. The summed E-state index contributed by atoms with van der Waals surface area (Å²) < 4.78 is 22.8. The van der Waals surface area contributed by atoms with Crippen LogP contribution < -0.4 is 0 Å². The zero-order valence-electron chi connectivity index (χ0n) is 38.8. The highest BCUT2D eigenvalue weighted by atomic mass is 16.7. The highest BCUT2D eigenvalue weighted by Gasteiger charge is 2.44. The van der Waals surface area contributed by atoms with Crippen molar-refractivity contribution in [3.8, 4) is 0 Å². The number of allylic oxidation sites excluding steroid dienone is 16. The zero-order chi connectivity index (χ0) is 45.0. The van der Waals surface area contributed by atoms with Gasteiger partial charge in [-0.3, -0.25) is 4.79 Å². The Bertz CT molecular complexity index is 1260. The summed E-state index contributed by atoms with van der Waals surface area (Å²) in [6, 6.07) is 0. The van der Waals surface area contributed by atoms with Gasteiger partial charge >= 0.3 is 5.97 Å². The monoisotopic (exact) mass is 869 g/mol. The van der Waals surface area contributed by atoms with Gasteiger partial charge in [-0.25, -0.2) is 0 Å². The molecule has 1 aliphatic heterocycles. The average molecular weight is 869 g/mol. The highest BCUT2D eigenvalue weighted by Crippen LogP contribution is 2.22. The maximum Gasteiger partial charge on any atom is 0.306 e. The van der Waals surface area contributed by atoms with E-state index in [1.54, 1.807) is 0 Å². The number of rotatable bonds is 40. The Balaban J connectivity index is 2.28. The fourth-order valence-corrected chi connectivity index (χ4v) is 6.70. The molecule has 0 spiro atoms. The van der Waals surface area contributed by atoms with Crippen LogP contribution in [0.2, 0.25) is 0 Å². The lowest BCUT2D eigenvalue weighted by atomic mass is 9.99. The van der Waals surface area contributed by atoms with E-state index in [0.29, 0.717) is 6.61 Å². The second-order valence-corrected chi connectivity index (χ2v) is 16.2. The molecule has 9 heteroatoms. The first-order valence-corrected chi connectivity index (χ1v) is 24.3. The van der Waals surface area contributed by atoms with Crippen LogP contribution in [-0.4, -0.2) is 89.6 Å². The lowest BCUT2D eigenvalue weighted by Gasteiger charge is -2.39. The average Bonchev–Trinajstić information content (AvgIpc) is 3.27. The standard InChI is InChI=1S/C53H88O9/c1-3-5-7-9-11-13-15-17-19-21-22-23-24-25-26-27-28-30-32-34-36-38-40-42-49(55)61-47(46-60-53-52(58)51(57)50(56)48(44-54)62-53)45-59-43-41-39-37-35-33-31-29-20-18-16-14-12-10-8-6-4-2/h5,7,11-14,17-20,22-23,25-26,28,30,47-48,50-54,56-58H,3-4,6,8-10,15-16,21,24,27,29,31-46H2,1-2H3/b7-5-,13-11-,14-12-,19-17-,20-18-,23-22-,26-25-,30-28-. The van der Waals surface area contributed by atoms with E-state index in [-0.39, 0.29) is 25.6 Å². The topological polar surface area (TPSA) is 135 Å². The molecule has 0 saturated carbocycles. The van der Waals surface area contributed by atoms with Crippen molar-refractivity contribution < 1.29 is 44.2 Å². The fourth-order valence-electron chi connectivity index (χ4n) is 6.70. The van der Waals surface area contributed by atoms with Crippen molar-refractivity contribution in [3.63, 3.8) is 0 Å². The molecule has 354 valence electrons. The number of esters is 1. The van der Waals surface area contributed by atoms with Gasteiger partial charge in [0, 0.05) is 13.0 Å². The number of carbonyl (C=O) groups is 1. The molecule has 1 saturated heterocycles. The van der Waals surface area contributed by atoms with Gasteiger partial charge in [0.1, 0.15) is 30.5 Å². The van der Waals surface area contributed by atoms with Crippen LogP contribution >= 0.6 is 0 Å². The van der Waals surface area contributed by atoms with E-state index in [2.05, 4.69) is 111 Å². The van der Waals surface area contributed by atoms with Crippen molar-refractivity contribution in [1.82, 2.24) is 0 Å². The highest BCUT2D eigenvalue weighted by molar-refractivity contribution is 5.69. The Labute approximate surface area is 377 Å². The number of aliphatic hydroxyl groups is 4. The fraction of sp³-hybridized carbons (Fsp3) is 0.679. The summed E-state index contributed by atoms with van der Waals surface area (Å²) in [6.07, 6.45) is 52.8. The first kappa shape index (κ1) is 57.1. The Morgan fingerprint density at radius 3 is 1.48 bits per heavy atom. The molecule has 6 unspecified atom stereocenters. The molecular weight excluding hydrogens is 781 g/mol. The minimum absolute atomic E-state index is 0.120. The van der Waals surface area contributed by atoms with Crippen LogP contribution in [0.25, 0.3) is 0 Å². The summed E-state index contributed by atoms with van der Waals surface area (Å²) in [6.45, 7) is 4.34. The minimum Gasteiger partial charge on any atom is -0.457 e. The SMILES string of the molecule is CC/C=C\C/C=C\C/C=C\C/C=C\C/C=C\C/C=C\CCCCCCC(=O)OC(COCCCCCCCC/C=C\C/C=C\CCCCC)COC1OC(CO)C(O)C(O)C1O. The van der Waals surface area contributed by atoms with Crippen molar-refractivity contribution in [2.75, 3.05) is 26.4 Å². The van der Waals surface area contributed by atoms with Gasteiger partial charge in [-0.2, -0.15) is 0 Å². The van der Waals surface area contributed by atoms with Crippen LogP contribution in [-0.2, 0) is 23.7 Å². The molecule has 0 aromatic rings. The number of hydrogen-bond donors (Lipinski definition) is 4. The summed E-state index contributed by atoms with van der Waals surface area (Å²) in [7, 11) is 0. The molecule has 1 fully saturated rings. The molecule has 9 nitrogen and oxygen atoms in total. The largest absolute Gasteiger partial charge is 0.457 e. The molecule has 62 heavy (non-hydrogen) atoms. The van der Waals surface area contributed by atoms with Gasteiger partial charge in [0.2, 0.25) is 0 Å². The maximum absolute atomic E-state index is 12.8. The molecule has 1 rings (SSSR count).